The summed E-state index contributed by atoms with van der Waals surface area (Å²) in [6, 6.07) is 6.62. The minimum Gasteiger partial charge on any atom is -0.457 e. The van der Waals surface area contributed by atoms with E-state index in [1.54, 1.807) is 6.07 Å². The molecule has 2 rings (SSSR count). The standard InChI is InChI=1S/C14H8F4O2/c15-10-4-2-1-3-8(10)7-20-14(19)9-5-11(16)13(18)12(17)6-9/h1-6H,7H2. The molecule has 0 aliphatic heterocycles. The summed E-state index contributed by atoms with van der Waals surface area (Å²) in [5.41, 5.74) is -0.373. The van der Waals surface area contributed by atoms with Crippen LogP contribution in [-0.2, 0) is 11.3 Å². The number of hydrogen-bond acceptors (Lipinski definition) is 2. The third-order valence-corrected chi connectivity index (χ3v) is 2.54. The van der Waals surface area contributed by atoms with Gasteiger partial charge in [0.1, 0.15) is 12.4 Å². The fraction of sp³-hybridized carbons (Fsp3) is 0.0714. The Balaban J connectivity index is 2.11. The lowest BCUT2D eigenvalue weighted by Gasteiger charge is -2.06. The molecule has 2 aromatic rings. The predicted molar refractivity (Wildman–Crippen MR) is 61.8 cm³/mol. The second-order valence-corrected chi connectivity index (χ2v) is 3.92. The maximum absolute atomic E-state index is 13.3. The van der Waals surface area contributed by atoms with Crippen LogP contribution in [-0.4, -0.2) is 5.97 Å². The van der Waals surface area contributed by atoms with Gasteiger partial charge in [-0.2, -0.15) is 0 Å². The SMILES string of the molecule is O=C(OCc1ccccc1F)c1cc(F)c(F)c(F)c1. The molecule has 0 aliphatic rings. The van der Waals surface area contributed by atoms with Crippen molar-refractivity contribution in [2.24, 2.45) is 0 Å². The number of halogens is 4. The summed E-state index contributed by atoms with van der Waals surface area (Å²) >= 11 is 0. The van der Waals surface area contributed by atoms with Gasteiger partial charge < -0.3 is 4.74 Å². The fourth-order valence-electron chi connectivity index (χ4n) is 1.52. The van der Waals surface area contributed by atoms with Crippen LogP contribution in [0.3, 0.4) is 0 Å². The lowest BCUT2D eigenvalue weighted by atomic mass is 10.2. The van der Waals surface area contributed by atoms with Crippen molar-refractivity contribution in [2.75, 3.05) is 0 Å². The zero-order valence-corrected chi connectivity index (χ0v) is 10.00. The Bertz CT molecular complexity index is 632. The van der Waals surface area contributed by atoms with Gasteiger partial charge >= 0.3 is 5.97 Å². The van der Waals surface area contributed by atoms with Crippen LogP contribution in [0.5, 0.6) is 0 Å². The van der Waals surface area contributed by atoms with Gasteiger partial charge in [0, 0.05) is 5.56 Å². The highest BCUT2D eigenvalue weighted by molar-refractivity contribution is 5.89. The van der Waals surface area contributed by atoms with Crippen LogP contribution in [0.25, 0.3) is 0 Å². The van der Waals surface area contributed by atoms with Gasteiger partial charge in [-0.15, -0.1) is 0 Å². The monoisotopic (exact) mass is 284 g/mol. The first-order valence-corrected chi connectivity index (χ1v) is 5.54. The molecule has 104 valence electrons. The largest absolute Gasteiger partial charge is 0.457 e. The average Bonchev–Trinajstić information content (AvgIpc) is 2.43. The lowest BCUT2D eigenvalue weighted by molar-refractivity contribution is 0.0467. The second kappa shape index (κ2) is 5.73. The van der Waals surface area contributed by atoms with Gasteiger partial charge in [-0.1, -0.05) is 18.2 Å². The Labute approximate surface area is 111 Å². The van der Waals surface area contributed by atoms with E-state index in [0.29, 0.717) is 12.1 Å². The maximum Gasteiger partial charge on any atom is 0.338 e. The predicted octanol–water partition coefficient (Wildman–Crippen LogP) is 3.60. The van der Waals surface area contributed by atoms with Gasteiger partial charge in [0.2, 0.25) is 0 Å². The van der Waals surface area contributed by atoms with Crippen LogP contribution in [0, 0.1) is 23.3 Å². The zero-order valence-electron chi connectivity index (χ0n) is 10.00. The summed E-state index contributed by atoms with van der Waals surface area (Å²) in [6.07, 6.45) is 0. The van der Waals surface area contributed by atoms with E-state index in [4.69, 9.17) is 4.74 Å². The van der Waals surface area contributed by atoms with Gasteiger partial charge in [0.15, 0.2) is 17.5 Å². The first-order valence-electron chi connectivity index (χ1n) is 5.54. The normalized spacial score (nSPS) is 10.4. The van der Waals surface area contributed by atoms with Crippen LogP contribution in [0.4, 0.5) is 17.6 Å². The summed E-state index contributed by atoms with van der Waals surface area (Å²) < 4.78 is 56.6. The number of benzene rings is 2. The molecule has 6 heteroatoms. The van der Waals surface area contributed by atoms with Crippen molar-refractivity contribution >= 4 is 5.97 Å². The van der Waals surface area contributed by atoms with Crippen molar-refractivity contribution in [3.63, 3.8) is 0 Å². The van der Waals surface area contributed by atoms with E-state index in [1.165, 1.54) is 18.2 Å². The Morgan fingerprint density at radius 1 is 0.950 bits per heavy atom. The van der Waals surface area contributed by atoms with E-state index in [-0.39, 0.29) is 5.56 Å². The third-order valence-electron chi connectivity index (χ3n) is 2.54. The number of rotatable bonds is 3. The van der Waals surface area contributed by atoms with E-state index in [1.807, 2.05) is 0 Å². The number of carbonyl (C=O) groups is 1. The molecule has 0 spiro atoms. The molecule has 0 saturated heterocycles. The van der Waals surface area contributed by atoms with Gasteiger partial charge in [-0.05, 0) is 18.2 Å². The van der Waals surface area contributed by atoms with Crippen molar-refractivity contribution in [1.82, 2.24) is 0 Å². The molecular formula is C14H8F4O2. The molecule has 0 bridgehead atoms. The Hall–Kier alpha value is -2.37. The van der Waals surface area contributed by atoms with Gasteiger partial charge in [-0.25, -0.2) is 22.4 Å². The highest BCUT2D eigenvalue weighted by Gasteiger charge is 2.16. The average molecular weight is 284 g/mol. The van der Waals surface area contributed by atoms with Crippen LogP contribution < -0.4 is 0 Å². The topological polar surface area (TPSA) is 26.3 Å². The minimum absolute atomic E-state index is 0.115. The molecule has 0 heterocycles. The summed E-state index contributed by atoms with van der Waals surface area (Å²) in [6.45, 7) is -0.397. The quantitative estimate of drug-likeness (QED) is 0.489. The first kappa shape index (κ1) is 14.0. The van der Waals surface area contributed by atoms with E-state index in [2.05, 4.69) is 0 Å². The molecule has 0 aromatic heterocycles. The Morgan fingerprint density at radius 2 is 1.55 bits per heavy atom. The summed E-state index contributed by atoms with van der Waals surface area (Å²) in [4.78, 5) is 11.5. The van der Waals surface area contributed by atoms with Gasteiger partial charge in [0.05, 0.1) is 5.56 Å². The van der Waals surface area contributed by atoms with Crippen molar-refractivity contribution < 1.29 is 27.1 Å². The molecule has 0 N–H and O–H groups in total. The number of ether oxygens (including phenoxy) is 1. The summed E-state index contributed by atoms with van der Waals surface area (Å²) in [7, 11) is 0. The van der Waals surface area contributed by atoms with Crippen LogP contribution in [0.2, 0.25) is 0 Å². The molecule has 20 heavy (non-hydrogen) atoms. The molecule has 0 atom stereocenters. The molecule has 0 amide bonds. The third kappa shape index (κ3) is 2.96. The smallest absolute Gasteiger partial charge is 0.338 e. The molecular weight excluding hydrogens is 276 g/mol. The molecule has 0 unspecified atom stereocenters. The van der Waals surface area contributed by atoms with E-state index in [9.17, 15) is 22.4 Å². The Kier molecular flexibility index (Phi) is 4.02. The molecule has 0 radical (unpaired) electrons. The van der Waals surface area contributed by atoms with Gasteiger partial charge in [-0.3, -0.25) is 0 Å². The second-order valence-electron chi connectivity index (χ2n) is 3.92. The maximum atomic E-state index is 13.3. The molecule has 2 nitrogen and oxygen atoms in total. The van der Waals surface area contributed by atoms with Crippen molar-refractivity contribution in [3.8, 4) is 0 Å². The minimum atomic E-state index is -1.67. The van der Waals surface area contributed by atoms with Crippen LogP contribution in [0.1, 0.15) is 15.9 Å². The lowest BCUT2D eigenvalue weighted by Crippen LogP contribution is -2.08. The van der Waals surface area contributed by atoms with Crippen LogP contribution in [0.15, 0.2) is 36.4 Å². The number of carbonyl (C=O) groups excluding carboxylic acids is 1. The van der Waals surface area contributed by atoms with Crippen LogP contribution >= 0.6 is 0 Å². The number of hydrogen-bond donors (Lipinski definition) is 0. The van der Waals surface area contributed by atoms with E-state index >= 15 is 0 Å². The van der Waals surface area contributed by atoms with Gasteiger partial charge in [0.25, 0.3) is 0 Å². The van der Waals surface area contributed by atoms with Crippen molar-refractivity contribution in [2.45, 2.75) is 6.61 Å². The highest BCUT2D eigenvalue weighted by atomic mass is 19.2. The van der Waals surface area contributed by atoms with Crippen molar-refractivity contribution in [1.29, 1.82) is 0 Å². The highest BCUT2D eigenvalue weighted by Crippen LogP contribution is 2.15. The fourth-order valence-corrected chi connectivity index (χ4v) is 1.52. The molecule has 0 aliphatic carbocycles. The van der Waals surface area contributed by atoms with E-state index in [0.717, 1.165) is 0 Å². The number of esters is 1. The van der Waals surface area contributed by atoms with E-state index < -0.39 is 41.4 Å². The summed E-state index contributed by atoms with van der Waals surface area (Å²) in [5, 5.41) is 0. The molecule has 0 saturated carbocycles. The van der Waals surface area contributed by atoms with Crippen molar-refractivity contribution in [3.05, 3.63) is 70.8 Å². The molecule has 2 aromatic carbocycles. The zero-order chi connectivity index (χ0) is 14.7. The summed E-state index contributed by atoms with van der Waals surface area (Å²) in [5.74, 6) is -6.32. The first-order chi connectivity index (χ1) is 9.49. The molecule has 0 fully saturated rings. The Morgan fingerprint density at radius 3 is 2.15 bits per heavy atom.